The molecule has 0 bridgehead atoms. The van der Waals surface area contributed by atoms with E-state index in [1.165, 1.54) is 12.1 Å². The molecule has 1 heterocycles. The maximum Gasteiger partial charge on any atom is 0.274 e. The summed E-state index contributed by atoms with van der Waals surface area (Å²) in [5, 5.41) is 6.07. The number of rotatable bonds is 6. The van der Waals surface area contributed by atoms with Crippen LogP contribution in [0, 0.1) is 0 Å². The topological polar surface area (TPSA) is 66.1 Å². The predicted octanol–water partition coefficient (Wildman–Crippen LogP) is 1.81. The molecule has 0 aliphatic carbocycles. The van der Waals surface area contributed by atoms with Crippen LogP contribution in [-0.2, 0) is 0 Å². The number of amides is 1. The van der Waals surface area contributed by atoms with E-state index in [2.05, 4.69) is 17.1 Å². The Balaban J connectivity index is 2.76. The Labute approximate surface area is 107 Å². The third kappa shape index (κ3) is 3.98. The summed E-state index contributed by atoms with van der Waals surface area (Å²) in [6.07, 6.45) is 3.22. The van der Waals surface area contributed by atoms with Crippen LogP contribution in [0.1, 0.15) is 50.5 Å². The van der Waals surface area contributed by atoms with Crippen LogP contribution in [0.5, 0.6) is 0 Å². The first kappa shape index (κ1) is 14.4. The normalized spacial score (nSPS) is 10.7. The Hall–Kier alpha value is -1.65. The largest absolute Gasteiger partial charge is 0.335 e. The molecule has 0 saturated carbocycles. The highest BCUT2D eigenvalue weighted by molar-refractivity contribution is 5.92. The molecule has 0 saturated heterocycles. The lowest BCUT2D eigenvalue weighted by Gasteiger charge is -2.26. The van der Waals surface area contributed by atoms with Crippen molar-refractivity contribution in [2.24, 2.45) is 0 Å². The lowest BCUT2D eigenvalue weighted by atomic mass is 10.2. The highest BCUT2D eigenvalue weighted by atomic mass is 16.2. The van der Waals surface area contributed by atoms with Gasteiger partial charge in [0.15, 0.2) is 0 Å². The van der Waals surface area contributed by atoms with Gasteiger partial charge in [0.05, 0.1) is 0 Å². The Morgan fingerprint density at radius 2 is 2.11 bits per heavy atom. The number of H-pyrrole nitrogens is 1. The predicted molar refractivity (Wildman–Crippen MR) is 70.6 cm³/mol. The summed E-state index contributed by atoms with van der Waals surface area (Å²) in [4.78, 5) is 24.9. The van der Waals surface area contributed by atoms with Gasteiger partial charge in [0, 0.05) is 18.7 Å². The fourth-order valence-electron chi connectivity index (χ4n) is 1.74. The zero-order chi connectivity index (χ0) is 13.5. The molecule has 1 N–H and O–H groups in total. The minimum atomic E-state index is -0.298. The van der Waals surface area contributed by atoms with Crippen molar-refractivity contribution in [1.29, 1.82) is 0 Å². The molecule has 100 valence electrons. The van der Waals surface area contributed by atoms with E-state index in [1.807, 2.05) is 13.8 Å². The molecule has 0 aromatic carbocycles. The quantitative estimate of drug-likeness (QED) is 0.784. The number of nitrogens with zero attached hydrogens (tertiary/aromatic N) is 2. The molecule has 1 aromatic rings. The zero-order valence-corrected chi connectivity index (χ0v) is 11.3. The molecule has 1 amide bonds. The van der Waals surface area contributed by atoms with Crippen molar-refractivity contribution >= 4 is 5.91 Å². The Kier molecular flexibility index (Phi) is 5.55. The second-order valence-corrected chi connectivity index (χ2v) is 4.61. The second kappa shape index (κ2) is 6.93. The summed E-state index contributed by atoms with van der Waals surface area (Å²) in [6.45, 7) is 6.82. The zero-order valence-electron chi connectivity index (χ0n) is 11.3. The van der Waals surface area contributed by atoms with Gasteiger partial charge in [-0.25, -0.2) is 5.10 Å². The first-order chi connectivity index (χ1) is 8.56. The van der Waals surface area contributed by atoms with Crippen LogP contribution >= 0.6 is 0 Å². The van der Waals surface area contributed by atoms with Crippen molar-refractivity contribution in [3.63, 3.8) is 0 Å². The number of carbonyl (C=O) groups is 1. The Bertz CT molecular complexity index is 420. The summed E-state index contributed by atoms with van der Waals surface area (Å²) < 4.78 is 0. The highest BCUT2D eigenvalue weighted by Gasteiger charge is 2.19. The van der Waals surface area contributed by atoms with E-state index in [0.717, 1.165) is 25.8 Å². The van der Waals surface area contributed by atoms with E-state index in [4.69, 9.17) is 0 Å². The molecule has 5 nitrogen and oxygen atoms in total. The number of aromatic nitrogens is 2. The fraction of sp³-hybridized carbons (Fsp3) is 0.615. The van der Waals surface area contributed by atoms with E-state index in [-0.39, 0.29) is 17.5 Å². The van der Waals surface area contributed by atoms with Crippen molar-refractivity contribution in [1.82, 2.24) is 15.1 Å². The summed E-state index contributed by atoms with van der Waals surface area (Å²) in [5.41, 5.74) is -0.00608. The van der Waals surface area contributed by atoms with Gasteiger partial charge in [0.25, 0.3) is 11.5 Å². The average molecular weight is 251 g/mol. The van der Waals surface area contributed by atoms with E-state index in [0.29, 0.717) is 5.69 Å². The van der Waals surface area contributed by atoms with Gasteiger partial charge in [0.2, 0.25) is 0 Å². The second-order valence-electron chi connectivity index (χ2n) is 4.61. The minimum Gasteiger partial charge on any atom is -0.335 e. The number of unbranched alkanes of at least 4 members (excludes halogenated alkanes) is 2. The average Bonchev–Trinajstić information content (AvgIpc) is 2.34. The van der Waals surface area contributed by atoms with Crippen LogP contribution in [0.4, 0.5) is 0 Å². The van der Waals surface area contributed by atoms with Crippen LogP contribution in [0.15, 0.2) is 16.9 Å². The minimum absolute atomic E-state index is 0.127. The molecule has 0 radical (unpaired) electrons. The maximum atomic E-state index is 12.2. The lowest BCUT2D eigenvalue weighted by molar-refractivity contribution is 0.0695. The van der Waals surface area contributed by atoms with E-state index in [9.17, 15) is 9.59 Å². The highest BCUT2D eigenvalue weighted by Crippen LogP contribution is 2.07. The van der Waals surface area contributed by atoms with Crippen molar-refractivity contribution in [3.8, 4) is 0 Å². The first-order valence-electron chi connectivity index (χ1n) is 6.43. The third-order valence-electron chi connectivity index (χ3n) is 2.79. The van der Waals surface area contributed by atoms with Crippen molar-refractivity contribution in [2.75, 3.05) is 6.54 Å². The molecule has 1 aromatic heterocycles. The molecule has 5 heteroatoms. The summed E-state index contributed by atoms with van der Waals surface area (Å²) >= 11 is 0. The van der Waals surface area contributed by atoms with Gasteiger partial charge < -0.3 is 4.90 Å². The monoisotopic (exact) mass is 251 g/mol. The van der Waals surface area contributed by atoms with Gasteiger partial charge in [-0.2, -0.15) is 5.10 Å². The standard InChI is InChI=1S/C13H21N3O2/c1-4-5-6-9-16(10(2)3)13(18)11-7-8-12(17)15-14-11/h7-8,10H,4-6,9H2,1-3H3,(H,15,17). The van der Waals surface area contributed by atoms with Gasteiger partial charge in [-0.1, -0.05) is 19.8 Å². The molecule has 0 atom stereocenters. The molecular formula is C13H21N3O2. The number of hydrogen-bond donors (Lipinski definition) is 1. The van der Waals surface area contributed by atoms with Crippen LogP contribution in [0.3, 0.4) is 0 Å². The Morgan fingerprint density at radius 1 is 1.39 bits per heavy atom. The van der Waals surface area contributed by atoms with Crippen LogP contribution in [0.25, 0.3) is 0 Å². The van der Waals surface area contributed by atoms with Gasteiger partial charge in [-0.15, -0.1) is 0 Å². The molecule has 1 rings (SSSR count). The van der Waals surface area contributed by atoms with Crippen LogP contribution in [0.2, 0.25) is 0 Å². The maximum absolute atomic E-state index is 12.2. The van der Waals surface area contributed by atoms with E-state index >= 15 is 0 Å². The van der Waals surface area contributed by atoms with Crippen LogP contribution in [-0.4, -0.2) is 33.6 Å². The van der Waals surface area contributed by atoms with Gasteiger partial charge >= 0.3 is 0 Å². The lowest BCUT2D eigenvalue weighted by Crippen LogP contribution is -2.38. The summed E-state index contributed by atoms with van der Waals surface area (Å²) in [6, 6.07) is 2.92. The third-order valence-corrected chi connectivity index (χ3v) is 2.79. The first-order valence-corrected chi connectivity index (χ1v) is 6.43. The number of carbonyl (C=O) groups excluding carboxylic acids is 1. The Morgan fingerprint density at radius 3 is 2.61 bits per heavy atom. The van der Waals surface area contributed by atoms with Crippen molar-refractivity contribution in [2.45, 2.75) is 46.1 Å². The molecule has 0 unspecified atom stereocenters. The van der Waals surface area contributed by atoms with Gasteiger partial charge in [-0.3, -0.25) is 9.59 Å². The van der Waals surface area contributed by atoms with Gasteiger partial charge in [-0.05, 0) is 26.3 Å². The SMILES string of the molecule is CCCCCN(C(=O)c1ccc(=O)[nH]n1)C(C)C. The molecule has 0 fully saturated rings. The molecular weight excluding hydrogens is 230 g/mol. The summed E-state index contributed by atoms with van der Waals surface area (Å²) in [5.74, 6) is -0.127. The van der Waals surface area contributed by atoms with E-state index < -0.39 is 0 Å². The fourth-order valence-corrected chi connectivity index (χ4v) is 1.74. The smallest absolute Gasteiger partial charge is 0.274 e. The van der Waals surface area contributed by atoms with Crippen molar-refractivity contribution in [3.05, 3.63) is 28.2 Å². The van der Waals surface area contributed by atoms with Gasteiger partial charge in [0.1, 0.15) is 5.69 Å². The number of nitrogens with one attached hydrogen (secondary N) is 1. The molecule has 0 aliphatic heterocycles. The number of hydrogen-bond acceptors (Lipinski definition) is 3. The van der Waals surface area contributed by atoms with Crippen molar-refractivity contribution < 1.29 is 4.79 Å². The molecule has 18 heavy (non-hydrogen) atoms. The number of aromatic amines is 1. The van der Waals surface area contributed by atoms with E-state index in [1.54, 1.807) is 4.90 Å². The molecule has 0 aliphatic rings. The summed E-state index contributed by atoms with van der Waals surface area (Å²) in [7, 11) is 0. The van der Waals surface area contributed by atoms with Crippen LogP contribution < -0.4 is 5.56 Å². The molecule has 0 spiro atoms.